The summed E-state index contributed by atoms with van der Waals surface area (Å²) in [5.74, 6) is -0.762. The summed E-state index contributed by atoms with van der Waals surface area (Å²) < 4.78 is 31.9. The first-order chi connectivity index (χ1) is 9.58. The van der Waals surface area contributed by atoms with Crippen molar-refractivity contribution in [3.8, 4) is 11.4 Å². The molecule has 1 fully saturated rings. The summed E-state index contributed by atoms with van der Waals surface area (Å²) in [5, 5.41) is 7.13. The van der Waals surface area contributed by atoms with Crippen LogP contribution in [-0.4, -0.2) is 16.7 Å². The van der Waals surface area contributed by atoms with Crippen LogP contribution < -0.4 is 5.32 Å². The van der Waals surface area contributed by atoms with E-state index < -0.39 is 11.6 Å². The Hall–Kier alpha value is -1.34. The number of hydrogen-bond acceptors (Lipinski definition) is 4. The predicted molar refractivity (Wildman–Crippen MR) is 71.9 cm³/mol. The zero-order valence-corrected chi connectivity index (χ0v) is 12.2. The van der Waals surface area contributed by atoms with Gasteiger partial charge in [-0.25, -0.2) is 8.78 Å². The van der Waals surface area contributed by atoms with Gasteiger partial charge in [-0.3, -0.25) is 0 Å². The number of benzene rings is 1. The molecule has 1 N–H and O–H groups in total. The molecular weight excluding hydrogens is 332 g/mol. The molecule has 2 aromatic rings. The summed E-state index contributed by atoms with van der Waals surface area (Å²) in [6, 6.07) is 2.48. The summed E-state index contributed by atoms with van der Waals surface area (Å²) in [7, 11) is 0. The number of nitrogens with zero attached hydrogens (tertiary/aromatic N) is 2. The Morgan fingerprint density at radius 3 is 2.90 bits per heavy atom. The topological polar surface area (TPSA) is 51.0 Å². The lowest BCUT2D eigenvalue weighted by Gasteiger charge is -2.09. The van der Waals surface area contributed by atoms with E-state index in [2.05, 4.69) is 38.3 Å². The van der Waals surface area contributed by atoms with Crippen molar-refractivity contribution in [1.82, 2.24) is 15.5 Å². The third kappa shape index (κ3) is 2.25. The lowest BCUT2D eigenvalue weighted by Crippen LogP contribution is -2.16. The number of aromatic nitrogens is 2. The number of rotatable bonds is 2. The minimum atomic E-state index is -0.957. The number of hydrogen-bond donors (Lipinski definition) is 1. The van der Waals surface area contributed by atoms with Crippen LogP contribution in [0.1, 0.15) is 25.3 Å². The van der Waals surface area contributed by atoms with Gasteiger partial charge in [-0.2, -0.15) is 4.98 Å². The van der Waals surface area contributed by atoms with Crippen molar-refractivity contribution in [2.45, 2.75) is 19.4 Å². The van der Waals surface area contributed by atoms with Crippen molar-refractivity contribution in [3.63, 3.8) is 0 Å². The van der Waals surface area contributed by atoms with Gasteiger partial charge < -0.3 is 9.84 Å². The maximum atomic E-state index is 13.5. The molecule has 0 bridgehead atoms. The van der Waals surface area contributed by atoms with Crippen LogP contribution in [0.5, 0.6) is 0 Å². The number of nitrogens with one attached hydrogen (secondary N) is 1. The smallest absolute Gasteiger partial charge is 0.244 e. The Labute approximate surface area is 122 Å². The van der Waals surface area contributed by atoms with E-state index in [0.717, 1.165) is 19.0 Å². The van der Waals surface area contributed by atoms with E-state index in [0.29, 0.717) is 17.4 Å². The van der Waals surface area contributed by atoms with Crippen LogP contribution in [0.2, 0.25) is 0 Å². The molecule has 0 aliphatic carbocycles. The molecule has 1 aromatic heterocycles. The Morgan fingerprint density at radius 1 is 1.40 bits per heavy atom. The molecule has 1 aliphatic heterocycles. The molecule has 3 rings (SSSR count). The van der Waals surface area contributed by atoms with Crippen molar-refractivity contribution in [2.75, 3.05) is 6.54 Å². The van der Waals surface area contributed by atoms with Gasteiger partial charge >= 0.3 is 0 Å². The summed E-state index contributed by atoms with van der Waals surface area (Å²) >= 11 is 3.02. The first-order valence-corrected chi connectivity index (χ1v) is 7.08. The van der Waals surface area contributed by atoms with Gasteiger partial charge in [-0.05, 0) is 46.9 Å². The Bertz CT molecular complexity index is 647. The molecule has 7 heteroatoms. The van der Waals surface area contributed by atoms with Crippen LogP contribution >= 0.6 is 15.9 Å². The highest BCUT2D eigenvalue weighted by atomic mass is 79.9. The van der Waals surface area contributed by atoms with Gasteiger partial charge in [0.15, 0.2) is 11.6 Å². The van der Waals surface area contributed by atoms with Crippen LogP contribution in [0.4, 0.5) is 8.78 Å². The molecule has 0 amide bonds. The summed E-state index contributed by atoms with van der Waals surface area (Å²) in [6.45, 7) is 3.00. The first-order valence-electron chi connectivity index (χ1n) is 6.28. The Balaban J connectivity index is 1.96. The number of halogens is 3. The quantitative estimate of drug-likeness (QED) is 0.848. The fourth-order valence-corrected chi connectivity index (χ4v) is 2.83. The highest BCUT2D eigenvalue weighted by Gasteiger charge is 2.29. The van der Waals surface area contributed by atoms with Crippen LogP contribution in [0.15, 0.2) is 21.1 Å². The van der Waals surface area contributed by atoms with Crippen molar-refractivity contribution < 1.29 is 13.3 Å². The highest BCUT2D eigenvalue weighted by molar-refractivity contribution is 9.10. The van der Waals surface area contributed by atoms with Crippen LogP contribution in [0.3, 0.4) is 0 Å². The van der Waals surface area contributed by atoms with Gasteiger partial charge in [-0.15, -0.1) is 0 Å². The van der Waals surface area contributed by atoms with Crippen molar-refractivity contribution in [1.29, 1.82) is 0 Å². The molecule has 2 heterocycles. The molecule has 0 spiro atoms. The van der Waals surface area contributed by atoms with Gasteiger partial charge in [0.1, 0.15) is 0 Å². The van der Waals surface area contributed by atoms with Crippen molar-refractivity contribution >= 4 is 15.9 Å². The maximum Gasteiger partial charge on any atom is 0.244 e. The summed E-state index contributed by atoms with van der Waals surface area (Å²) in [6.07, 6.45) is 1.04. The maximum absolute atomic E-state index is 13.5. The van der Waals surface area contributed by atoms with Gasteiger partial charge in [0.25, 0.3) is 0 Å². The van der Waals surface area contributed by atoms with E-state index in [1.54, 1.807) is 0 Å². The fraction of sp³-hybridized carbons (Fsp3) is 0.385. The third-order valence-electron chi connectivity index (χ3n) is 3.52. The van der Waals surface area contributed by atoms with Gasteiger partial charge in [0.05, 0.1) is 10.5 Å². The molecule has 0 saturated carbocycles. The van der Waals surface area contributed by atoms with E-state index in [-0.39, 0.29) is 16.3 Å². The summed E-state index contributed by atoms with van der Waals surface area (Å²) in [5.41, 5.74) is 0.365. The van der Waals surface area contributed by atoms with Gasteiger partial charge in [-0.1, -0.05) is 12.1 Å². The van der Waals surface area contributed by atoms with Crippen LogP contribution in [0, 0.1) is 17.6 Å². The average Bonchev–Trinajstić information content (AvgIpc) is 3.05. The van der Waals surface area contributed by atoms with Crippen LogP contribution in [-0.2, 0) is 0 Å². The van der Waals surface area contributed by atoms with Crippen molar-refractivity contribution in [3.05, 3.63) is 34.1 Å². The molecule has 1 saturated heterocycles. The predicted octanol–water partition coefficient (Wildman–Crippen LogP) is 3.45. The Morgan fingerprint density at radius 2 is 2.20 bits per heavy atom. The molecule has 1 aromatic carbocycles. The minimum absolute atomic E-state index is 0.00252. The zero-order valence-electron chi connectivity index (χ0n) is 10.7. The molecule has 0 radical (unpaired) electrons. The Kier molecular flexibility index (Phi) is 3.55. The second kappa shape index (κ2) is 5.21. The lowest BCUT2D eigenvalue weighted by molar-refractivity contribution is 0.319. The molecular formula is C13H12BrF2N3O. The highest BCUT2D eigenvalue weighted by Crippen LogP contribution is 2.33. The van der Waals surface area contributed by atoms with E-state index in [1.165, 1.54) is 6.07 Å². The standard InChI is InChI=1S/C13H12BrF2N3O/c1-6-4-5-17-11(6)13-18-12(19-20-13)7-2-3-8(15)10(16)9(7)14/h2-3,6,11,17H,4-5H2,1H3. The first kappa shape index (κ1) is 13.6. The molecule has 1 aliphatic rings. The second-order valence-corrected chi connectivity index (χ2v) is 5.67. The van der Waals surface area contributed by atoms with E-state index in [4.69, 9.17) is 4.52 Å². The van der Waals surface area contributed by atoms with Gasteiger partial charge in [0, 0.05) is 5.56 Å². The summed E-state index contributed by atoms with van der Waals surface area (Å²) in [4.78, 5) is 4.29. The van der Waals surface area contributed by atoms with E-state index in [9.17, 15) is 8.78 Å². The second-order valence-electron chi connectivity index (χ2n) is 4.88. The monoisotopic (exact) mass is 343 g/mol. The average molecular weight is 344 g/mol. The SMILES string of the molecule is CC1CCNC1c1nc(-c2ccc(F)c(F)c2Br)no1. The molecule has 106 valence electrons. The fourth-order valence-electron chi connectivity index (χ4n) is 2.33. The lowest BCUT2D eigenvalue weighted by atomic mass is 10.0. The molecule has 2 atom stereocenters. The van der Waals surface area contributed by atoms with E-state index in [1.807, 2.05) is 0 Å². The minimum Gasteiger partial charge on any atom is -0.337 e. The normalized spacial score (nSPS) is 22.4. The third-order valence-corrected chi connectivity index (χ3v) is 4.29. The van der Waals surface area contributed by atoms with Crippen LogP contribution in [0.25, 0.3) is 11.4 Å². The molecule has 20 heavy (non-hydrogen) atoms. The largest absolute Gasteiger partial charge is 0.337 e. The molecule has 4 nitrogen and oxygen atoms in total. The van der Waals surface area contributed by atoms with Gasteiger partial charge in [0.2, 0.25) is 11.7 Å². The van der Waals surface area contributed by atoms with E-state index >= 15 is 0 Å². The zero-order chi connectivity index (χ0) is 14.3. The molecule has 2 unspecified atom stereocenters. The van der Waals surface area contributed by atoms with Crippen molar-refractivity contribution in [2.24, 2.45) is 5.92 Å².